The molecular weight excluding hydrogens is 467 g/mol. The van der Waals surface area contributed by atoms with Gasteiger partial charge in [0.25, 0.3) is 15.9 Å². The van der Waals surface area contributed by atoms with Crippen LogP contribution >= 0.6 is 11.6 Å². The number of amides is 1. The summed E-state index contributed by atoms with van der Waals surface area (Å²) in [4.78, 5) is 23.9. The molecule has 0 radical (unpaired) electrons. The van der Waals surface area contributed by atoms with E-state index in [1.54, 1.807) is 24.3 Å². The molecule has 3 aromatic carbocycles. The molecule has 9 heteroatoms. The second-order valence-electron chi connectivity index (χ2n) is 7.03. The lowest BCUT2D eigenvalue weighted by Crippen LogP contribution is -2.31. The molecular formula is C24H20ClFN2O4S. The monoisotopic (exact) mass is 486 g/mol. The molecule has 0 atom stereocenters. The molecule has 1 amide bonds. The van der Waals surface area contributed by atoms with Crippen LogP contribution in [0.2, 0.25) is 5.02 Å². The van der Waals surface area contributed by atoms with Crippen LogP contribution in [-0.2, 0) is 10.0 Å². The second-order valence-corrected chi connectivity index (χ2v) is 9.27. The minimum Gasteiger partial charge on any atom is -0.322 e. The van der Waals surface area contributed by atoms with Crippen LogP contribution in [0, 0.1) is 5.82 Å². The van der Waals surface area contributed by atoms with E-state index >= 15 is 0 Å². The van der Waals surface area contributed by atoms with Gasteiger partial charge in [0.2, 0.25) is 0 Å². The number of nitrogens with one attached hydrogen (secondary N) is 1. The molecule has 0 aliphatic carbocycles. The average molecular weight is 487 g/mol. The first-order chi connectivity index (χ1) is 15.6. The molecule has 0 unspecified atom stereocenters. The number of carbonyl (C=O) groups is 2. The third-order valence-electron chi connectivity index (χ3n) is 4.72. The first-order valence-corrected chi connectivity index (χ1v) is 11.6. The number of hydrogen-bond donors (Lipinski definition) is 1. The van der Waals surface area contributed by atoms with Crippen LogP contribution in [0.5, 0.6) is 0 Å². The molecule has 0 fully saturated rings. The Kier molecular flexibility index (Phi) is 7.30. The number of anilines is 2. The van der Waals surface area contributed by atoms with E-state index in [-0.39, 0.29) is 33.5 Å². The smallest absolute Gasteiger partial charge is 0.266 e. The molecule has 1 N–H and O–H groups in total. The zero-order valence-corrected chi connectivity index (χ0v) is 19.2. The zero-order chi connectivity index (χ0) is 24.2. The maximum Gasteiger partial charge on any atom is 0.266 e. The van der Waals surface area contributed by atoms with E-state index in [0.29, 0.717) is 11.3 Å². The van der Waals surface area contributed by atoms with Gasteiger partial charge < -0.3 is 5.32 Å². The van der Waals surface area contributed by atoms with Crippen molar-refractivity contribution in [2.24, 2.45) is 0 Å². The molecule has 6 nitrogen and oxygen atoms in total. The van der Waals surface area contributed by atoms with Crippen LogP contribution in [0.3, 0.4) is 0 Å². The van der Waals surface area contributed by atoms with E-state index in [1.165, 1.54) is 43.3 Å². The number of rotatable bonds is 8. The Balaban J connectivity index is 1.94. The van der Waals surface area contributed by atoms with Crippen LogP contribution in [0.25, 0.3) is 0 Å². The van der Waals surface area contributed by atoms with Gasteiger partial charge in [-0.25, -0.2) is 12.8 Å². The van der Waals surface area contributed by atoms with Crippen molar-refractivity contribution >= 4 is 44.7 Å². The Morgan fingerprint density at radius 1 is 1.03 bits per heavy atom. The quantitative estimate of drug-likeness (QED) is 0.345. The van der Waals surface area contributed by atoms with Gasteiger partial charge in [-0.1, -0.05) is 17.7 Å². The van der Waals surface area contributed by atoms with E-state index < -0.39 is 21.7 Å². The van der Waals surface area contributed by atoms with Crippen molar-refractivity contribution in [3.05, 3.63) is 101 Å². The summed E-state index contributed by atoms with van der Waals surface area (Å²) >= 11 is 6.19. The third-order valence-corrected chi connectivity index (χ3v) is 7.00. The predicted molar refractivity (Wildman–Crippen MR) is 127 cm³/mol. The van der Waals surface area contributed by atoms with E-state index in [9.17, 15) is 22.4 Å². The number of carbonyl (C=O) groups excluding carboxylic acids is 2. The van der Waals surface area contributed by atoms with E-state index in [2.05, 4.69) is 11.9 Å². The lowest BCUT2D eigenvalue weighted by atomic mass is 10.1. The highest BCUT2D eigenvalue weighted by Gasteiger charge is 2.27. The highest BCUT2D eigenvalue weighted by molar-refractivity contribution is 7.93. The Bertz CT molecular complexity index is 1310. The van der Waals surface area contributed by atoms with Gasteiger partial charge in [-0.15, -0.1) is 6.58 Å². The Labute approximate surface area is 196 Å². The lowest BCUT2D eigenvalue weighted by molar-refractivity contribution is 0.101. The van der Waals surface area contributed by atoms with Gasteiger partial charge >= 0.3 is 0 Å². The molecule has 0 spiro atoms. The fourth-order valence-electron chi connectivity index (χ4n) is 3.02. The van der Waals surface area contributed by atoms with Gasteiger partial charge in [0.1, 0.15) is 10.7 Å². The van der Waals surface area contributed by atoms with Gasteiger partial charge in [-0.2, -0.15) is 0 Å². The fraction of sp³-hybridized carbons (Fsp3) is 0.0833. The largest absolute Gasteiger partial charge is 0.322 e. The number of ketones is 1. The van der Waals surface area contributed by atoms with Crippen LogP contribution < -0.4 is 9.62 Å². The van der Waals surface area contributed by atoms with Crippen molar-refractivity contribution in [1.29, 1.82) is 0 Å². The molecule has 33 heavy (non-hydrogen) atoms. The van der Waals surface area contributed by atoms with Crippen molar-refractivity contribution in [1.82, 2.24) is 0 Å². The summed E-state index contributed by atoms with van der Waals surface area (Å²) in [5.41, 5.74) is 1.21. The van der Waals surface area contributed by atoms with Crippen LogP contribution in [0.4, 0.5) is 15.8 Å². The van der Waals surface area contributed by atoms with E-state index in [4.69, 9.17) is 11.6 Å². The van der Waals surface area contributed by atoms with Crippen molar-refractivity contribution in [3.63, 3.8) is 0 Å². The number of hydrogen-bond acceptors (Lipinski definition) is 4. The maximum absolute atomic E-state index is 13.4. The second kappa shape index (κ2) is 9.97. The first kappa shape index (κ1) is 24.2. The van der Waals surface area contributed by atoms with Gasteiger partial charge in [-0.05, 0) is 73.7 Å². The summed E-state index contributed by atoms with van der Waals surface area (Å²) in [6.45, 7) is 4.93. The Morgan fingerprint density at radius 3 is 2.21 bits per heavy atom. The molecule has 0 bridgehead atoms. The number of Topliss-reactive ketones (excluding diaryl/α,β-unsaturated/α-hetero) is 1. The number of benzene rings is 3. The summed E-state index contributed by atoms with van der Waals surface area (Å²) < 4.78 is 41.1. The van der Waals surface area contributed by atoms with Crippen molar-refractivity contribution in [2.45, 2.75) is 11.8 Å². The van der Waals surface area contributed by atoms with Gasteiger partial charge in [-0.3, -0.25) is 13.9 Å². The van der Waals surface area contributed by atoms with Gasteiger partial charge in [0, 0.05) is 16.8 Å². The standard InChI is InChI=1S/C24H20ClFN2O4S/c1-3-14-28(21-11-7-19(26)8-12-21)33(31,32)23-15-18(6-13-22(23)25)24(30)27-20-9-4-17(5-10-20)16(2)29/h3-13,15H,1,14H2,2H3,(H,27,30). The normalized spacial score (nSPS) is 11.0. The van der Waals surface area contributed by atoms with E-state index in [1.807, 2.05) is 0 Å². The van der Waals surface area contributed by atoms with Crippen molar-refractivity contribution in [2.75, 3.05) is 16.2 Å². The SMILES string of the molecule is C=CCN(c1ccc(F)cc1)S(=O)(=O)c1cc(C(=O)Nc2ccc(C(C)=O)cc2)ccc1Cl. The van der Waals surface area contributed by atoms with Crippen molar-refractivity contribution < 1.29 is 22.4 Å². The highest BCUT2D eigenvalue weighted by atomic mass is 35.5. The minimum atomic E-state index is -4.21. The summed E-state index contributed by atoms with van der Waals surface area (Å²) in [7, 11) is -4.21. The van der Waals surface area contributed by atoms with Crippen LogP contribution in [0.1, 0.15) is 27.6 Å². The lowest BCUT2D eigenvalue weighted by Gasteiger charge is -2.24. The maximum atomic E-state index is 13.4. The first-order valence-electron chi connectivity index (χ1n) is 9.74. The fourth-order valence-corrected chi connectivity index (χ4v) is 4.96. The molecule has 0 aliphatic rings. The minimum absolute atomic E-state index is 0.0614. The average Bonchev–Trinajstić information content (AvgIpc) is 2.78. The van der Waals surface area contributed by atoms with Gasteiger partial charge in [0.05, 0.1) is 17.3 Å². The van der Waals surface area contributed by atoms with Crippen LogP contribution in [0.15, 0.2) is 84.3 Å². The van der Waals surface area contributed by atoms with Crippen molar-refractivity contribution in [3.8, 4) is 0 Å². The Morgan fingerprint density at radius 2 is 1.64 bits per heavy atom. The molecule has 0 aliphatic heterocycles. The predicted octanol–water partition coefficient (Wildman–Crippen LogP) is 5.32. The van der Waals surface area contributed by atoms with E-state index in [0.717, 1.165) is 16.4 Å². The molecule has 0 saturated carbocycles. The summed E-state index contributed by atoms with van der Waals surface area (Å²) in [5.74, 6) is -1.18. The molecule has 3 rings (SSSR count). The zero-order valence-electron chi connectivity index (χ0n) is 17.6. The number of sulfonamides is 1. The number of halogens is 2. The molecule has 0 heterocycles. The molecule has 3 aromatic rings. The summed E-state index contributed by atoms with van der Waals surface area (Å²) in [6, 6.07) is 15.1. The molecule has 0 saturated heterocycles. The van der Waals surface area contributed by atoms with Crippen LogP contribution in [-0.4, -0.2) is 26.7 Å². The third kappa shape index (κ3) is 5.47. The Hall–Kier alpha value is -3.49. The van der Waals surface area contributed by atoms with Gasteiger partial charge in [0.15, 0.2) is 5.78 Å². The molecule has 0 aromatic heterocycles. The topological polar surface area (TPSA) is 83.6 Å². The molecule has 170 valence electrons. The summed E-state index contributed by atoms with van der Waals surface area (Å²) in [5, 5.41) is 2.58. The summed E-state index contributed by atoms with van der Waals surface area (Å²) in [6.07, 6.45) is 1.38. The number of nitrogens with zero attached hydrogens (tertiary/aromatic N) is 1. The highest BCUT2D eigenvalue weighted by Crippen LogP contribution is 2.30.